The van der Waals surface area contributed by atoms with Gasteiger partial charge in [-0.25, -0.2) is 4.98 Å². The van der Waals surface area contributed by atoms with E-state index in [-0.39, 0.29) is 6.54 Å². The Morgan fingerprint density at radius 3 is 2.52 bits per heavy atom. The maximum atomic E-state index is 12.6. The van der Waals surface area contributed by atoms with Crippen LogP contribution in [0.1, 0.15) is 16.3 Å². The molecule has 9 heteroatoms. The minimum absolute atomic E-state index is 0.181. The highest BCUT2D eigenvalue weighted by Crippen LogP contribution is 2.29. The zero-order valence-corrected chi connectivity index (χ0v) is 14.9. The molecule has 2 rings (SSSR count). The molecular weight excluding hydrogens is 353 g/mol. The number of nitrogens with one attached hydrogen (secondary N) is 1. The lowest BCUT2D eigenvalue weighted by molar-refractivity contribution is -0.140. The van der Waals surface area contributed by atoms with Crippen LogP contribution in [0.4, 0.5) is 13.2 Å². The normalized spacial score (nSPS) is 12.2. The van der Waals surface area contributed by atoms with Gasteiger partial charge in [0.25, 0.3) is 0 Å². The largest absolute Gasteiger partial charge is 0.497 e. The van der Waals surface area contributed by atoms with Crippen LogP contribution in [0.25, 0.3) is 0 Å². The number of halogens is 3. The van der Waals surface area contributed by atoms with Gasteiger partial charge >= 0.3 is 6.18 Å². The predicted molar refractivity (Wildman–Crippen MR) is 91.8 cm³/mol. The highest BCUT2D eigenvalue weighted by atomic mass is 32.1. The SMILES string of the molecule is CN=C(NCc1nc(C(F)(F)F)cs1)N(C)Cc1ccc(OC)cc1. The van der Waals surface area contributed by atoms with Crippen LogP contribution >= 0.6 is 11.3 Å². The summed E-state index contributed by atoms with van der Waals surface area (Å²) in [5.74, 6) is 1.35. The molecule has 2 aromatic rings. The first-order valence-electron chi connectivity index (χ1n) is 7.39. The molecule has 0 saturated carbocycles. The fourth-order valence-electron chi connectivity index (χ4n) is 2.14. The third-order valence-electron chi connectivity index (χ3n) is 3.39. The van der Waals surface area contributed by atoms with Gasteiger partial charge in [0.15, 0.2) is 11.7 Å². The van der Waals surface area contributed by atoms with Gasteiger partial charge in [-0.1, -0.05) is 12.1 Å². The number of benzene rings is 1. The maximum absolute atomic E-state index is 12.6. The number of thiazole rings is 1. The Labute approximate surface area is 148 Å². The molecule has 5 nitrogen and oxygen atoms in total. The molecule has 1 heterocycles. The van der Waals surface area contributed by atoms with Crippen LogP contribution in [0.3, 0.4) is 0 Å². The molecule has 0 bridgehead atoms. The summed E-state index contributed by atoms with van der Waals surface area (Å²) in [5, 5.41) is 4.39. The van der Waals surface area contributed by atoms with E-state index < -0.39 is 11.9 Å². The number of hydrogen-bond donors (Lipinski definition) is 1. The third-order valence-corrected chi connectivity index (χ3v) is 4.24. The number of aromatic nitrogens is 1. The number of methoxy groups -OCH3 is 1. The van der Waals surface area contributed by atoms with E-state index in [0.717, 1.165) is 28.0 Å². The second-order valence-corrected chi connectivity index (χ2v) is 6.17. The van der Waals surface area contributed by atoms with Gasteiger partial charge in [-0.15, -0.1) is 11.3 Å². The van der Waals surface area contributed by atoms with E-state index in [9.17, 15) is 13.2 Å². The highest BCUT2D eigenvalue weighted by Gasteiger charge is 2.33. The van der Waals surface area contributed by atoms with Crippen LogP contribution in [-0.4, -0.2) is 37.0 Å². The summed E-state index contributed by atoms with van der Waals surface area (Å²) in [6, 6.07) is 7.62. The lowest BCUT2D eigenvalue weighted by atomic mass is 10.2. The Balaban J connectivity index is 1.93. The van der Waals surface area contributed by atoms with E-state index in [1.165, 1.54) is 0 Å². The van der Waals surface area contributed by atoms with Gasteiger partial charge in [0.2, 0.25) is 0 Å². The van der Waals surface area contributed by atoms with E-state index in [1.54, 1.807) is 14.2 Å². The fourth-order valence-corrected chi connectivity index (χ4v) is 2.88. The summed E-state index contributed by atoms with van der Waals surface area (Å²) >= 11 is 0.968. The first-order chi connectivity index (χ1) is 11.8. The molecule has 0 spiro atoms. The zero-order chi connectivity index (χ0) is 18.4. The maximum Gasteiger partial charge on any atom is 0.434 e. The Morgan fingerprint density at radius 2 is 2.00 bits per heavy atom. The van der Waals surface area contributed by atoms with Crippen LogP contribution in [0, 0.1) is 0 Å². The van der Waals surface area contributed by atoms with Gasteiger partial charge in [-0.3, -0.25) is 4.99 Å². The van der Waals surface area contributed by atoms with Crippen molar-refractivity contribution in [1.29, 1.82) is 0 Å². The number of guanidine groups is 1. The monoisotopic (exact) mass is 372 g/mol. The van der Waals surface area contributed by atoms with Crippen LogP contribution in [0.5, 0.6) is 5.75 Å². The Kier molecular flexibility index (Phi) is 6.24. The van der Waals surface area contributed by atoms with Gasteiger partial charge in [0, 0.05) is 26.0 Å². The lowest BCUT2D eigenvalue weighted by Crippen LogP contribution is -2.38. The standard InChI is InChI=1S/C16H19F3N4OS/c1-20-15(21-8-14-22-13(10-25-14)16(17,18)19)23(2)9-11-4-6-12(24-3)7-5-11/h4-7,10H,8-9H2,1-3H3,(H,20,21). The summed E-state index contributed by atoms with van der Waals surface area (Å²) in [6.07, 6.45) is -4.42. The topological polar surface area (TPSA) is 49.8 Å². The first-order valence-corrected chi connectivity index (χ1v) is 8.27. The van der Waals surface area contributed by atoms with Crippen molar-refractivity contribution < 1.29 is 17.9 Å². The smallest absolute Gasteiger partial charge is 0.434 e. The molecule has 0 aliphatic heterocycles. The molecular formula is C16H19F3N4OS. The molecule has 0 aliphatic rings. The molecule has 0 fully saturated rings. The van der Waals surface area contributed by atoms with Gasteiger partial charge < -0.3 is 15.0 Å². The van der Waals surface area contributed by atoms with E-state index >= 15 is 0 Å². The highest BCUT2D eigenvalue weighted by molar-refractivity contribution is 7.09. The number of alkyl halides is 3. The predicted octanol–water partition coefficient (Wildman–Crippen LogP) is 3.38. The molecule has 0 atom stereocenters. The minimum atomic E-state index is -4.42. The molecule has 136 valence electrons. The number of rotatable bonds is 5. The van der Waals surface area contributed by atoms with Gasteiger partial charge in [0.05, 0.1) is 13.7 Å². The third kappa shape index (κ3) is 5.35. The second kappa shape index (κ2) is 8.19. The van der Waals surface area contributed by atoms with E-state index in [1.807, 2.05) is 36.2 Å². The van der Waals surface area contributed by atoms with Crippen LogP contribution in [-0.2, 0) is 19.3 Å². The van der Waals surface area contributed by atoms with E-state index in [4.69, 9.17) is 4.74 Å². The van der Waals surface area contributed by atoms with Crippen molar-refractivity contribution in [3.8, 4) is 5.75 Å². The Hall–Kier alpha value is -2.29. The number of aliphatic imine (C=N–C) groups is 1. The van der Waals surface area contributed by atoms with Crippen LogP contribution < -0.4 is 10.1 Å². The number of ether oxygens (including phenoxy) is 1. The molecule has 0 radical (unpaired) electrons. The summed E-state index contributed by atoms with van der Waals surface area (Å²) in [7, 11) is 5.08. The van der Waals surface area contributed by atoms with Gasteiger partial charge in [0.1, 0.15) is 10.8 Å². The quantitative estimate of drug-likeness (QED) is 0.646. The molecule has 1 N–H and O–H groups in total. The number of nitrogens with zero attached hydrogens (tertiary/aromatic N) is 3. The van der Waals surface area contributed by atoms with Crippen molar-refractivity contribution in [3.05, 3.63) is 45.9 Å². The molecule has 1 aromatic carbocycles. The lowest BCUT2D eigenvalue weighted by Gasteiger charge is -2.22. The average molecular weight is 372 g/mol. The molecule has 0 saturated heterocycles. The van der Waals surface area contributed by atoms with Crippen LogP contribution in [0.2, 0.25) is 0 Å². The summed E-state index contributed by atoms with van der Waals surface area (Å²) in [5.41, 5.74) is 0.190. The van der Waals surface area contributed by atoms with Gasteiger partial charge in [-0.2, -0.15) is 13.2 Å². The van der Waals surface area contributed by atoms with Crippen molar-refractivity contribution in [3.63, 3.8) is 0 Å². The molecule has 0 unspecified atom stereocenters. The van der Waals surface area contributed by atoms with Gasteiger partial charge in [-0.05, 0) is 17.7 Å². The Bertz CT molecular complexity index is 713. The first kappa shape index (κ1) is 19.0. The second-order valence-electron chi connectivity index (χ2n) is 5.23. The number of hydrogen-bond acceptors (Lipinski definition) is 4. The van der Waals surface area contributed by atoms with E-state index in [0.29, 0.717) is 17.5 Å². The zero-order valence-electron chi connectivity index (χ0n) is 14.1. The van der Waals surface area contributed by atoms with Crippen molar-refractivity contribution in [2.45, 2.75) is 19.3 Å². The molecule has 0 amide bonds. The van der Waals surface area contributed by atoms with Crippen molar-refractivity contribution in [2.75, 3.05) is 21.2 Å². The van der Waals surface area contributed by atoms with Crippen molar-refractivity contribution in [1.82, 2.24) is 15.2 Å². The molecule has 0 aliphatic carbocycles. The van der Waals surface area contributed by atoms with Crippen LogP contribution in [0.15, 0.2) is 34.6 Å². The minimum Gasteiger partial charge on any atom is -0.497 e. The summed E-state index contributed by atoms with van der Waals surface area (Å²) in [6.45, 7) is 0.774. The summed E-state index contributed by atoms with van der Waals surface area (Å²) < 4.78 is 42.8. The molecule has 25 heavy (non-hydrogen) atoms. The fraction of sp³-hybridized carbons (Fsp3) is 0.375. The average Bonchev–Trinajstić information content (AvgIpc) is 3.05. The van der Waals surface area contributed by atoms with E-state index in [2.05, 4.69) is 15.3 Å². The molecule has 1 aromatic heterocycles. The van der Waals surface area contributed by atoms with Crippen molar-refractivity contribution in [2.24, 2.45) is 4.99 Å². The van der Waals surface area contributed by atoms with Crippen molar-refractivity contribution >= 4 is 17.3 Å². The Morgan fingerprint density at radius 1 is 1.32 bits per heavy atom. The summed E-state index contributed by atoms with van der Waals surface area (Å²) in [4.78, 5) is 9.62.